The molecule has 0 aliphatic carbocycles. The van der Waals surface area contributed by atoms with E-state index >= 15 is 0 Å². The van der Waals surface area contributed by atoms with Gasteiger partial charge in [-0.1, -0.05) is 55.5 Å². The molecule has 0 unspecified atom stereocenters. The average Bonchev–Trinajstić information content (AvgIpc) is 2.85. The van der Waals surface area contributed by atoms with Gasteiger partial charge in [0.2, 0.25) is 0 Å². The Morgan fingerprint density at radius 1 is 0.857 bits per heavy atom. The van der Waals surface area contributed by atoms with E-state index in [0.717, 1.165) is 21.9 Å². The summed E-state index contributed by atoms with van der Waals surface area (Å²) in [6.45, 7) is 5.58. The first-order chi connectivity index (χ1) is 16.8. The van der Waals surface area contributed by atoms with Crippen LogP contribution in [0.4, 0.5) is 11.4 Å². The summed E-state index contributed by atoms with van der Waals surface area (Å²) in [5, 5.41) is 4.95. The first kappa shape index (κ1) is 24.3. The molecule has 0 saturated heterocycles. The number of carbonyl (C=O) groups excluding carboxylic acids is 1. The molecule has 1 amide bonds. The molecule has 4 aromatic carbocycles. The Kier molecular flexibility index (Phi) is 7.07. The number of rotatable bonds is 8. The van der Waals surface area contributed by atoms with E-state index in [1.54, 1.807) is 12.1 Å². The van der Waals surface area contributed by atoms with Crippen molar-refractivity contribution in [2.75, 3.05) is 10.0 Å². The van der Waals surface area contributed by atoms with Crippen molar-refractivity contribution in [2.45, 2.75) is 38.2 Å². The lowest BCUT2D eigenvalue weighted by Crippen LogP contribution is -2.32. The predicted molar refractivity (Wildman–Crippen MR) is 140 cm³/mol. The van der Waals surface area contributed by atoms with Crippen LogP contribution in [-0.4, -0.2) is 20.4 Å². The van der Waals surface area contributed by atoms with E-state index < -0.39 is 16.1 Å². The normalized spacial score (nSPS) is 12.2. The minimum Gasteiger partial charge on any atom is -0.481 e. The number of hydrogen-bond donors (Lipinski definition) is 2. The van der Waals surface area contributed by atoms with Gasteiger partial charge >= 0.3 is 0 Å². The topological polar surface area (TPSA) is 84.5 Å². The lowest BCUT2D eigenvalue weighted by molar-refractivity contribution is -0.122. The second kappa shape index (κ2) is 10.2. The second-order valence-electron chi connectivity index (χ2n) is 8.41. The maximum absolute atomic E-state index is 12.9. The van der Waals surface area contributed by atoms with Crippen molar-refractivity contribution < 1.29 is 17.9 Å². The lowest BCUT2D eigenvalue weighted by atomic mass is 10.1. The van der Waals surface area contributed by atoms with E-state index in [1.807, 2.05) is 81.4 Å². The molecule has 0 fully saturated rings. The smallest absolute Gasteiger partial charge is 0.265 e. The summed E-state index contributed by atoms with van der Waals surface area (Å²) in [6.07, 6.45) is -0.213. The number of ether oxygens (including phenoxy) is 1. The summed E-state index contributed by atoms with van der Waals surface area (Å²) >= 11 is 0. The van der Waals surface area contributed by atoms with Crippen LogP contribution in [0.15, 0.2) is 89.8 Å². The first-order valence-electron chi connectivity index (χ1n) is 11.4. The molecule has 0 heterocycles. The lowest BCUT2D eigenvalue weighted by Gasteiger charge is -2.18. The van der Waals surface area contributed by atoms with Crippen molar-refractivity contribution in [3.63, 3.8) is 0 Å². The number of nitrogens with one attached hydrogen (secondary N) is 2. The monoisotopic (exact) mass is 488 g/mol. The standard InChI is InChI=1S/C28H28N2O4S/c1-4-26(34-24-15-12-21-10-5-6-11-22(21)18-24)28(31)29-23-13-16-25(17-14-23)35(32,33)30-27-19(2)8-7-9-20(27)3/h5-18,26,30H,4H2,1-3H3,(H,29,31)/t26-/m1/s1. The zero-order chi connectivity index (χ0) is 25.0. The third-order valence-electron chi connectivity index (χ3n) is 5.81. The van der Waals surface area contributed by atoms with Crippen LogP contribution in [0.5, 0.6) is 5.75 Å². The maximum atomic E-state index is 12.9. The highest BCUT2D eigenvalue weighted by molar-refractivity contribution is 7.92. The van der Waals surface area contributed by atoms with Crippen molar-refractivity contribution in [3.8, 4) is 5.75 Å². The fourth-order valence-corrected chi connectivity index (χ4v) is 5.04. The molecule has 0 aromatic heterocycles. The first-order valence-corrected chi connectivity index (χ1v) is 12.9. The molecule has 6 nitrogen and oxygen atoms in total. The zero-order valence-electron chi connectivity index (χ0n) is 19.9. The Hall–Kier alpha value is -3.84. The molecule has 180 valence electrons. The number of amides is 1. The van der Waals surface area contributed by atoms with Gasteiger partial charge < -0.3 is 10.1 Å². The number of carbonyl (C=O) groups is 1. The molecule has 7 heteroatoms. The zero-order valence-corrected chi connectivity index (χ0v) is 20.7. The Balaban J connectivity index is 1.44. The summed E-state index contributed by atoms with van der Waals surface area (Å²) in [5.74, 6) is 0.314. The predicted octanol–water partition coefficient (Wildman–Crippen LogP) is 6.05. The molecule has 35 heavy (non-hydrogen) atoms. The molecule has 2 N–H and O–H groups in total. The van der Waals surface area contributed by atoms with Crippen molar-refractivity contribution in [1.82, 2.24) is 0 Å². The number of fused-ring (bicyclic) bond motifs is 1. The highest BCUT2D eigenvalue weighted by Crippen LogP contribution is 2.25. The minimum atomic E-state index is -3.77. The van der Waals surface area contributed by atoms with E-state index in [0.29, 0.717) is 23.5 Å². The average molecular weight is 489 g/mol. The van der Waals surface area contributed by atoms with Crippen LogP contribution < -0.4 is 14.8 Å². The van der Waals surface area contributed by atoms with E-state index in [9.17, 15) is 13.2 Å². The van der Waals surface area contributed by atoms with Crippen LogP contribution in [-0.2, 0) is 14.8 Å². The quantitative estimate of drug-likeness (QED) is 0.316. The molecule has 0 saturated carbocycles. The number of sulfonamides is 1. The molecule has 0 bridgehead atoms. The van der Waals surface area contributed by atoms with Crippen molar-refractivity contribution in [3.05, 3.63) is 96.1 Å². The highest BCUT2D eigenvalue weighted by atomic mass is 32.2. The molecule has 0 spiro atoms. The summed E-state index contributed by atoms with van der Waals surface area (Å²) < 4.78 is 34.4. The van der Waals surface area contributed by atoms with E-state index in [2.05, 4.69) is 10.0 Å². The van der Waals surface area contributed by atoms with E-state index in [4.69, 9.17) is 4.74 Å². The molecule has 4 aromatic rings. The van der Waals surface area contributed by atoms with Gasteiger partial charge in [0, 0.05) is 5.69 Å². The fourth-order valence-electron chi connectivity index (χ4n) is 3.84. The summed E-state index contributed by atoms with van der Waals surface area (Å²) in [4.78, 5) is 13.0. The summed E-state index contributed by atoms with van der Waals surface area (Å²) in [7, 11) is -3.77. The van der Waals surface area contributed by atoms with Gasteiger partial charge in [0.15, 0.2) is 6.10 Å². The van der Waals surface area contributed by atoms with Crippen LogP contribution in [0.3, 0.4) is 0 Å². The Morgan fingerprint density at radius 3 is 2.17 bits per heavy atom. The van der Waals surface area contributed by atoms with Crippen LogP contribution in [0.2, 0.25) is 0 Å². The van der Waals surface area contributed by atoms with Crippen molar-refractivity contribution >= 4 is 38.1 Å². The van der Waals surface area contributed by atoms with Crippen LogP contribution in [0.1, 0.15) is 24.5 Å². The van der Waals surface area contributed by atoms with Gasteiger partial charge in [0.1, 0.15) is 5.75 Å². The molecular weight excluding hydrogens is 460 g/mol. The van der Waals surface area contributed by atoms with Crippen LogP contribution in [0, 0.1) is 13.8 Å². The van der Waals surface area contributed by atoms with Gasteiger partial charge in [-0.15, -0.1) is 0 Å². The number of hydrogen-bond acceptors (Lipinski definition) is 4. The molecule has 1 atom stereocenters. The van der Waals surface area contributed by atoms with Gasteiger partial charge in [0.05, 0.1) is 10.6 Å². The number of para-hydroxylation sites is 1. The fraction of sp³-hybridized carbons (Fsp3) is 0.179. The second-order valence-corrected chi connectivity index (χ2v) is 10.1. The van der Waals surface area contributed by atoms with E-state index in [-0.39, 0.29) is 10.8 Å². The summed E-state index contributed by atoms with van der Waals surface area (Å²) in [5.41, 5.74) is 2.74. The van der Waals surface area contributed by atoms with Gasteiger partial charge in [-0.05, 0) is 78.6 Å². The summed E-state index contributed by atoms with van der Waals surface area (Å²) in [6, 6.07) is 25.3. The SMILES string of the molecule is CC[C@@H](Oc1ccc2ccccc2c1)C(=O)Nc1ccc(S(=O)(=O)Nc2c(C)cccc2C)cc1. The van der Waals surface area contributed by atoms with Gasteiger partial charge in [-0.25, -0.2) is 8.42 Å². The molecule has 0 aliphatic heterocycles. The Morgan fingerprint density at radius 2 is 1.51 bits per heavy atom. The third-order valence-corrected chi connectivity index (χ3v) is 7.18. The van der Waals surface area contributed by atoms with Crippen LogP contribution in [0.25, 0.3) is 10.8 Å². The van der Waals surface area contributed by atoms with E-state index in [1.165, 1.54) is 12.1 Å². The maximum Gasteiger partial charge on any atom is 0.265 e. The van der Waals surface area contributed by atoms with Crippen molar-refractivity contribution in [2.24, 2.45) is 0 Å². The van der Waals surface area contributed by atoms with Crippen LogP contribution >= 0.6 is 0 Å². The highest BCUT2D eigenvalue weighted by Gasteiger charge is 2.20. The van der Waals surface area contributed by atoms with Gasteiger partial charge in [-0.3, -0.25) is 9.52 Å². The molecule has 4 rings (SSSR count). The number of benzene rings is 4. The molecule has 0 radical (unpaired) electrons. The van der Waals surface area contributed by atoms with Gasteiger partial charge in [-0.2, -0.15) is 0 Å². The molecule has 0 aliphatic rings. The largest absolute Gasteiger partial charge is 0.481 e. The molecular formula is C28H28N2O4S. The third kappa shape index (κ3) is 5.63. The minimum absolute atomic E-state index is 0.109. The van der Waals surface area contributed by atoms with Gasteiger partial charge in [0.25, 0.3) is 15.9 Å². The Labute approximate surface area is 206 Å². The number of anilines is 2. The van der Waals surface area contributed by atoms with Crippen molar-refractivity contribution in [1.29, 1.82) is 0 Å². The number of aryl methyl sites for hydroxylation is 2. The Bertz CT molecular complexity index is 1440.